The molecular weight excluding hydrogens is 416 g/mol. The number of primary amides is 2. The van der Waals surface area contributed by atoms with Crippen molar-refractivity contribution in [2.45, 2.75) is 57.3 Å². The SMILES string of the molecule is CC(C)CC(NC(=O)C(CO)NC(=O)C(N)CC(N)=O)C(=O)NC(CC(N)=O)C(=O)O. The number of aliphatic carboxylic acids is 1. The van der Waals surface area contributed by atoms with Crippen LogP contribution in [0.5, 0.6) is 0 Å². The molecule has 11 N–H and O–H groups in total. The molecule has 0 heterocycles. The second-order valence-electron chi connectivity index (χ2n) is 7.28. The lowest BCUT2D eigenvalue weighted by molar-refractivity contribution is -0.144. The smallest absolute Gasteiger partial charge is 0.326 e. The molecule has 0 aromatic heterocycles. The molecule has 0 radical (unpaired) electrons. The minimum absolute atomic E-state index is 0.0772. The lowest BCUT2D eigenvalue weighted by atomic mass is 10.0. The van der Waals surface area contributed by atoms with Gasteiger partial charge in [-0.2, -0.15) is 0 Å². The van der Waals surface area contributed by atoms with Gasteiger partial charge in [0.2, 0.25) is 29.5 Å². The van der Waals surface area contributed by atoms with Gasteiger partial charge in [0.1, 0.15) is 18.1 Å². The summed E-state index contributed by atoms with van der Waals surface area (Å²) in [7, 11) is 0. The molecule has 0 aliphatic rings. The van der Waals surface area contributed by atoms with Crippen LogP contribution in [0.2, 0.25) is 0 Å². The highest BCUT2D eigenvalue weighted by atomic mass is 16.4. The van der Waals surface area contributed by atoms with Crippen LogP contribution in [0.25, 0.3) is 0 Å². The van der Waals surface area contributed by atoms with E-state index in [0.717, 1.165) is 0 Å². The first-order chi connectivity index (χ1) is 14.3. The number of nitrogens with one attached hydrogen (secondary N) is 3. The summed E-state index contributed by atoms with van der Waals surface area (Å²) in [6.07, 6.45) is -1.06. The van der Waals surface area contributed by atoms with Gasteiger partial charge in [-0.1, -0.05) is 13.8 Å². The Hall–Kier alpha value is -3.26. The molecule has 5 amide bonds. The minimum atomic E-state index is -1.60. The van der Waals surface area contributed by atoms with Crippen LogP contribution in [-0.4, -0.2) is 76.5 Å². The zero-order valence-corrected chi connectivity index (χ0v) is 17.3. The summed E-state index contributed by atoms with van der Waals surface area (Å²) in [5.74, 6) is -6.19. The third-order valence-corrected chi connectivity index (χ3v) is 3.93. The molecular formula is C17H30N6O8. The van der Waals surface area contributed by atoms with E-state index in [1.165, 1.54) is 0 Å². The Kier molecular flexibility index (Phi) is 11.7. The maximum absolute atomic E-state index is 12.5. The molecule has 0 aliphatic carbocycles. The first kappa shape index (κ1) is 27.7. The van der Waals surface area contributed by atoms with Crippen LogP contribution in [0.1, 0.15) is 33.1 Å². The van der Waals surface area contributed by atoms with Crippen LogP contribution >= 0.6 is 0 Å². The average molecular weight is 446 g/mol. The number of carboxylic acid groups (broad SMARTS) is 1. The average Bonchev–Trinajstić information content (AvgIpc) is 2.62. The van der Waals surface area contributed by atoms with E-state index in [1.54, 1.807) is 13.8 Å². The number of hydrogen-bond donors (Lipinski definition) is 8. The fourth-order valence-electron chi connectivity index (χ4n) is 2.43. The second-order valence-corrected chi connectivity index (χ2v) is 7.28. The van der Waals surface area contributed by atoms with Crippen molar-refractivity contribution < 1.29 is 39.0 Å². The standard InChI is InChI=1S/C17H30N6O8/c1-7(2)3-9(15(28)22-10(17(30)31)5-13(20)26)21-16(29)11(6-24)23-14(27)8(18)4-12(19)25/h7-11,24H,3-6,18H2,1-2H3,(H2,19,25)(H2,20,26)(H,21,29)(H,22,28)(H,23,27)(H,30,31). The van der Waals surface area contributed by atoms with Crippen molar-refractivity contribution in [3.05, 3.63) is 0 Å². The summed E-state index contributed by atoms with van der Waals surface area (Å²) < 4.78 is 0. The molecule has 0 saturated carbocycles. The fourth-order valence-corrected chi connectivity index (χ4v) is 2.43. The van der Waals surface area contributed by atoms with Crippen molar-refractivity contribution in [3.8, 4) is 0 Å². The lowest BCUT2D eigenvalue weighted by Gasteiger charge is -2.25. The van der Waals surface area contributed by atoms with E-state index in [2.05, 4.69) is 16.0 Å². The summed E-state index contributed by atoms with van der Waals surface area (Å²) in [6, 6.07) is -5.70. The maximum Gasteiger partial charge on any atom is 0.326 e. The predicted molar refractivity (Wildman–Crippen MR) is 106 cm³/mol. The van der Waals surface area contributed by atoms with Crippen molar-refractivity contribution >= 4 is 35.5 Å². The maximum atomic E-state index is 12.5. The molecule has 0 saturated heterocycles. The fraction of sp³-hybridized carbons (Fsp3) is 0.647. The van der Waals surface area contributed by atoms with Gasteiger partial charge in [0.15, 0.2) is 0 Å². The molecule has 14 nitrogen and oxygen atoms in total. The summed E-state index contributed by atoms with van der Waals surface area (Å²) in [5.41, 5.74) is 15.4. The van der Waals surface area contributed by atoms with Crippen LogP contribution in [-0.2, 0) is 28.8 Å². The van der Waals surface area contributed by atoms with E-state index in [4.69, 9.17) is 22.3 Å². The molecule has 0 fully saturated rings. The zero-order chi connectivity index (χ0) is 24.3. The Morgan fingerprint density at radius 2 is 1.23 bits per heavy atom. The Morgan fingerprint density at radius 3 is 1.65 bits per heavy atom. The molecule has 0 spiro atoms. The van der Waals surface area contributed by atoms with Gasteiger partial charge in [-0.05, 0) is 12.3 Å². The monoisotopic (exact) mass is 446 g/mol. The van der Waals surface area contributed by atoms with E-state index < -0.39 is 79.1 Å². The Morgan fingerprint density at radius 1 is 0.774 bits per heavy atom. The first-order valence-electron chi connectivity index (χ1n) is 9.35. The second kappa shape index (κ2) is 13.1. The molecule has 31 heavy (non-hydrogen) atoms. The van der Waals surface area contributed by atoms with Gasteiger partial charge >= 0.3 is 5.97 Å². The van der Waals surface area contributed by atoms with Crippen LogP contribution in [0.15, 0.2) is 0 Å². The van der Waals surface area contributed by atoms with Crippen LogP contribution in [0.4, 0.5) is 0 Å². The number of aliphatic hydroxyl groups is 1. The normalized spacial score (nSPS) is 14.6. The van der Waals surface area contributed by atoms with E-state index >= 15 is 0 Å². The zero-order valence-electron chi connectivity index (χ0n) is 17.3. The number of nitrogens with two attached hydrogens (primary N) is 3. The Labute approximate surface area is 178 Å². The van der Waals surface area contributed by atoms with Crippen molar-refractivity contribution in [2.75, 3.05) is 6.61 Å². The number of rotatable bonds is 14. The Balaban J connectivity index is 5.29. The molecule has 14 heteroatoms. The molecule has 0 aromatic carbocycles. The number of amides is 5. The highest BCUT2D eigenvalue weighted by molar-refractivity contribution is 5.95. The van der Waals surface area contributed by atoms with E-state index in [9.17, 15) is 33.9 Å². The van der Waals surface area contributed by atoms with Gasteiger partial charge < -0.3 is 43.4 Å². The summed E-state index contributed by atoms with van der Waals surface area (Å²) >= 11 is 0. The molecule has 4 atom stereocenters. The third kappa shape index (κ3) is 10.9. The highest BCUT2D eigenvalue weighted by Crippen LogP contribution is 2.07. The van der Waals surface area contributed by atoms with Gasteiger partial charge in [-0.25, -0.2) is 4.79 Å². The van der Waals surface area contributed by atoms with Crippen molar-refractivity contribution in [1.82, 2.24) is 16.0 Å². The van der Waals surface area contributed by atoms with E-state index in [1.807, 2.05) is 0 Å². The summed E-state index contributed by atoms with van der Waals surface area (Å²) in [5, 5.41) is 25.1. The summed E-state index contributed by atoms with van der Waals surface area (Å²) in [4.78, 5) is 70.0. The molecule has 0 aromatic rings. The molecule has 4 unspecified atom stereocenters. The third-order valence-electron chi connectivity index (χ3n) is 3.93. The van der Waals surface area contributed by atoms with E-state index in [-0.39, 0.29) is 12.3 Å². The van der Waals surface area contributed by atoms with Crippen molar-refractivity contribution in [2.24, 2.45) is 23.1 Å². The van der Waals surface area contributed by atoms with Gasteiger partial charge in [-0.15, -0.1) is 0 Å². The number of aliphatic hydroxyl groups excluding tert-OH is 1. The highest BCUT2D eigenvalue weighted by Gasteiger charge is 2.31. The van der Waals surface area contributed by atoms with Crippen molar-refractivity contribution in [3.63, 3.8) is 0 Å². The van der Waals surface area contributed by atoms with Gasteiger partial charge in [0, 0.05) is 0 Å². The predicted octanol–water partition coefficient (Wildman–Crippen LogP) is -4.36. The Bertz CT molecular complexity index is 698. The first-order valence-corrected chi connectivity index (χ1v) is 9.35. The number of carbonyl (C=O) groups excluding carboxylic acids is 5. The topological polar surface area (TPSA) is 257 Å². The van der Waals surface area contributed by atoms with Gasteiger partial charge in [0.25, 0.3) is 0 Å². The minimum Gasteiger partial charge on any atom is -0.480 e. The molecule has 176 valence electrons. The van der Waals surface area contributed by atoms with Crippen LogP contribution < -0.4 is 33.2 Å². The number of hydrogen-bond acceptors (Lipinski definition) is 8. The summed E-state index contributed by atoms with van der Waals surface area (Å²) in [6.45, 7) is 2.62. The molecule has 0 aliphatic heterocycles. The quantitative estimate of drug-likeness (QED) is 0.128. The van der Waals surface area contributed by atoms with Crippen molar-refractivity contribution in [1.29, 1.82) is 0 Å². The molecule has 0 rings (SSSR count). The van der Waals surface area contributed by atoms with Gasteiger partial charge in [0.05, 0.1) is 25.5 Å². The largest absolute Gasteiger partial charge is 0.480 e. The molecule has 0 bridgehead atoms. The van der Waals surface area contributed by atoms with Gasteiger partial charge in [-0.3, -0.25) is 24.0 Å². The number of carbonyl (C=O) groups is 6. The van der Waals surface area contributed by atoms with Crippen LogP contribution in [0, 0.1) is 5.92 Å². The van der Waals surface area contributed by atoms with Crippen LogP contribution in [0.3, 0.4) is 0 Å². The lowest BCUT2D eigenvalue weighted by Crippen LogP contribution is -2.58. The van der Waals surface area contributed by atoms with E-state index in [0.29, 0.717) is 0 Å². The number of carboxylic acids is 1.